The van der Waals surface area contributed by atoms with Gasteiger partial charge >= 0.3 is 5.97 Å². The lowest BCUT2D eigenvalue weighted by atomic mass is 10.0. The van der Waals surface area contributed by atoms with Crippen LogP contribution >= 0.6 is 0 Å². The fraction of sp³-hybridized carbons (Fsp3) is 0.238. The smallest absolute Gasteiger partial charge is 0.351 e. The van der Waals surface area contributed by atoms with Crippen molar-refractivity contribution in [3.05, 3.63) is 59.8 Å². The van der Waals surface area contributed by atoms with Gasteiger partial charge in [0.25, 0.3) is 0 Å². The van der Waals surface area contributed by atoms with Crippen LogP contribution in [0.5, 0.6) is 11.5 Å². The second-order valence-corrected chi connectivity index (χ2v) is 6.48. The number of nitrogens with one attached hydrogen (secondary N) is 1. The fourth-order valence-corrected chi connectivity index (χ4v) is 3.24. The van der Waals surface area contributed by atoms with Gasteiger partial charge in [0.1, 0.15) is 6.61 Å². The summed E-state index contributed by atoms with van der Waals surface area (Å²) >= 11 is 0. The van der Waals surface area contributed by atoms with E-state index in [1.807, 2.05) is 37.3 Å². The number of Topliss-reactive ketones (excluding diaryl/α,β-unsaturated/α-hetero) is 1. The van der Waals surface area contributed by atoms with E-state index >= 15 is 0 Å². The van der Waals surface area contributed by atoms with Gasteiger partial charge in [-0.25, -0.2) is 4.79 Å². The summed E-state index contributed by atoms with van der Waals surface area (Å²) in [6.07, 6.45) is -1.84. The highest BCUT2D eigenvalue weighted by Gasteiger charge is 2.32. The second kappa shape index (κ2) is 6.79. The number of H-pyrrole nitrogens is 1. The first-order chi connectivity index (χ1) is 13.0. The SMILES string of the molecule is Cc1[nH]c2ccccc2c1C(=O)[C@@H](C)OC(=O)[C@H]1COc2ccccc2O1. The van der Waals surface area contributed by atoms with Gasteiger partial charge in [-0.3, -0.25) is 4.79 Å². The third-order valence-corrected chi connectivity index (χ3v) is 4.57. The molecule has 2 heterocycles. The minimum absolute atomic E-state index is 0.0445. The van der Waals surface area contributed by atoms with Gasteiger partial charge in [0.05, 0.1) is 0 Å². The highest BCUT2D eigenvalue weighted by molar-refractivity contribution is 6.11. The molecule has 1 aliphatic heterocycles. The number of ketones is 1. The molecule has 0 spiro atoms. The zero-order valence-electron chi connectivity index (χ0n) is 15.0. The van der Waals surface area contributed by atoms with Crippen LogP contribution in [0.3, 0.4) is 0 Å². The molecule has 0 aliphatic carbocycles. The van der Waals surface area contributed by atoms with Crippen LogP contribution in [0.1, 0.15) is 23.0 Å². The first kappa shape index (κ1) is 17.1. The van der Waals surface area contributed by atoms with Crippen molar-refractivity contribution in [2.45, 2.75) is 26.1 Å². The lowest BCUT2D eigenvalue weighted by Crippen LogP contribution is -2.40. The Morgan fingerprint density at radius 3 is 2.63 bits per heavy atom. The molecule has 4 rings (SSSR count). The van der Waals surface area contributed by atoms with Crippen LogP contribution in [0, 0.1) is 6.92 Å². The molecule has 6 nitrogen and oxygen atoms in total. The summed E-state index contributed by atoms with van der Waals surface area (Å²) in [5, 5.41) is 0.814. The topological polar surface area (TPSA) is 77.6 Å². The second-order valence-electron chi connectivity index (χ2n) is 6.48. The predicted molar refractivity (Wildman–Crippen MR) is 99.3 cm³/mol. The van der Waals surface area contributed by atoms with Crippen molar-refractivity contribution in [1.82, 2.24) is 4.98 Å². The van der Waals surface area contributed by atoms with Crippen LogP contribution in [-0.4, -0.2) is 35.6 Å². The number of esters is 1. The Hall–Kier alpha value is -3.28. The summed E-state index contributed by atoms with van der Waals surface area (Å²) in [4.78, 5) is 28.5. The zero-order chi connectivity index (χ0) is 19.0. The van der Waals surface area contributed by atoms with Crippen molar-refractivity contribution >= 4 is 22.7 Å². The highest BCUT2D eigenvalue weighted by atomic mass is 16.6. The maximum absolute atomic E-state index is 12.9. The average Bonchev–Trinajstić information content (AvgIpc) is 3.02. The van der Waals surface area contributed by atoms with Crippen LogP contribution in [0.4, 0.5) is 0 Å². The summed E-state index contributed by atoms with van der Waals surface area (Å²) in [6, 6.07) is 14.6. The zero-order valence-corrected chi connectivity index (χ0v) is 15.0. The normalized spacial score (nSPS) is 16.7. The van der Waals surface area contributed by atoms with Crippen molar-refractivity contribution in [2.75, 3.05) is 6.61 Å². The number of carbonyl (C=O) groups is 2. The van der Waals surface area contributed by atoms with Gasteiger partial charge in [0, 0.05) is 22.2 Å². The number of fused-ring (bicyclic) bond motifs is 2. The molecule has 2 atom stereocenters. The van der Waals surface area contributed by atoms with E-state index in [2.05, 4.69) is 4.98 Å². The molecule has 0 amide bonds. The first-order valence-electron chi connectivity index (χ1n) is 8.75. The minimum Gasteiger partial charge on any atom is -0.485 e. The van der Waals surface area contributed by atoms with Crippen LogP contribution in [0.25, 0.3) is 10.9 Å². The van der Waals surface area contributed by atoms with Gasteiger partial charge in [0.15, 0.2) is 17.6 Å². The van der Waals surface area contributed by atoms with E-state index in [0.717, 1.165) is 16.6 Å². The fourth-order valence-electron chi connectivity index (χ4n) is 3.24. The van der Waals surface area contributed by atoms with Gasteiger partial charge in [-0.15, -0.1) is 0 Å². The van der Waals surface area contributed by atoms with E-state index in [4.69, 9.17) is 14.2 Å². The van der Waals surface area contributed by atoms with E-state index in [1.165, 1.54) is 0 Å². The number of aryl methyl sites for hydroxylation is 1. The summed E-state index contributed by atoms with van der Waals surface area (Å²) in [5.41, 5.74) is 2.16. The number of aromatic amines is 1. The number of hydrogen-bond acceptors (Lipinski definition) is 5. The number of hydrogen-bond donors (Lipinski definition) is 1. The van der Waals surface area contributed by atoms with Crippen LogP contribution in [0.15, 0.2) is 48.5 Å². The van der Waals surface area contributed by atoms with Gasteiger partial charge in [0.2, 0.25) is 11.9 Å². The molecule has 0 radical (unpaired) electrons. The Bertz CT molecular complexity index is 1020. The molecule has 0 fully saturated rings. The minimum atomic E-state index is -0.934. The Kier molecular flexibility index (Phi) is 4.32. The maximum Gasteiger partial charge on any atom is 0.351 e. The standard InChI is InChI=1S/C21H19NO5/c1-12-19(14-7-3-4-8-15(14)22-12)20(23)13(2)26-21(24)18-11-25-16-9-5-6-10-17(16)27-18/h3-10,13,18,22H,11H2,1-2H3/t13-,18-/m1/s1. The summed E-state index contributed by atoms with van der Waals surface area (Å²) < 4.78 is 16.6. The van der Waals surface area contributed by atoms with Gasteiger partial charge in [-0.1, -0.05) is 30.3 Å². The average molecular weight is 365 g/mol. The van der Waals surface area contributed by atoms with E-state index in [1.54, 1.807) is 25.1 Å². The van der Waals surface area contributed by atoms with E-state index in [-0.39, 0.29) is 12.4 Å². The molecule has 0 bridgehead atoms. The Morgan fingerprint density at radius 2 is 1.81 bits per heavy atom. The molecule has 1 aliphatic rings. The molecule has 0 saturated heterocycles. The molecule has 2 aromatic carbocycles. The van der Waals surface area contributed by atoms with Crippen molar-refractivity contribution in [3.63, 3.8) is 0 Å². The van der Waals surface area contributed by atoms with Crippen molar-refractivity contribution in [2.24, 2.45) is 0 Å². The van der Waals surface area contributed by atoms with Crippen molar-refractivity contribution in [1.29, 1.82) is 0 Å². The first-order valence-corrected chi connectivity index (χ1v) is 8.75. The number of carbonyl (C=O) groups excluding carboxylic acids is 2. The summed E-state index contributed by atoms with van der Waals surface area (Å²) in [6.45, 7) is 3.44. The number of aromatic nitrogens is 1. The monoisotopic (exact) mass is 365 g/mol. The molecule has 1 aromatic heterocycles. The number of rotatable bonds is 4. The van der Waals surface area contributed by atoms with E-state index in [9.17, 15) is 9.59 Å². The molecule has 1 N–H and O–H groups in total. The van der Waals surface area contributed by atoms with E-state index in [0.29, 0.717) is 17.1 Å². The van der Waals surface area contributed by atoms with Gasteiger partial charge in [-0.2, -0.15) is 0 Å². The largest absolute Gasteiger partial charge is 0.485 e. The number of ether oxygens (including phenoxy) is 3. The summed E-state index contributed by atoms with van der Waals surface area (Å²) in [7, 11) is 0. The predicted octanol–water partition coefficient (Wildman–Crippen LogP) is 3.43. The van der Waals surface area contributed by atoms with Crippen molar-refractivity contribution < 1.29 is 23.8 Å². The lowest BCUT2D eigenvalue weighted by Gasteiger charge is -2.25. The number of benzene rings is 2. The summed E-state index contributed by atoms with van der Waals surface area (Å²) in [5.74, 6) is 0.190. The molecule has 0 saturated carbocycles. The Balaban J connectivity index is 1.49. The van der Waals surface area contributed by atoms with Crippen LogP contribution in [-0.2, 0) is 9.53 Å². The van der Waals surface area contributed by atoms with Gasteiger partial charge in [-0.05, 0) is 32.0 Å². The Labute approximate surface area is 156 Å². The van der Waals surface area contributed by atoms with Crippen molar-refractivity contribution in [3.8, 4) is 11.5 Å². The van der Waals surface area contributed by atoms with Crippen LogP contribution < -0.4 is 9.47 Å². The highest BCUT2D eigenvalue weighted by Crippen LogP contribution is 2.31. The molecular formula is C21H19NO5. The molecule has 138 valence electrons. The Morgan fingerprint density at radius 1 is 1.11 bits per heavy atom. The number of para-hydroxylation sites is 3. The maximum atomic E-state index is 12.9. The molecular weight excluding hydrogens is 346 g/mol. The van der Waals surface area contributed by atoms with E-state index < -0.39 is 18.2 Å². The molecule has 0 unspecified atom stereocenters. The van der Waals surface area contributed by atoms with Crippen LogP contribution in [0.2, 0.25) is 0 Å². The lowest BCUT2D eigenvalue weighted by molar-refractivity contribution is -0.157. The quantitative estimate of drug-likeness (QED) is 0.566. The van der Waals surface area contributed by atoms with Gasteiger partial charge < -0.3 is 19.2 Å². The molecule has 6 heteroatoms. The molecule has 3 aromatic rings. The third-order valence-electron chi connectivity index (χ3n) is 4.57. The third kappa shape index (κ3) is 3.14. The molecule has 27 heavy (non-hydrogen) atoms.